The van der Waals surface area contributed by atoms with Gasteiger partial charge < -0.3 is 5.32 Å². The molecule has 0 bridgehead atoms. The summed E-state index contributed by atoms with van der Waals surface area (Å²) in [7, 11) is 0. The molecule has 33 heavy (non-hydrogen) atoms. The third-order valence-electron chi connectivity index (χ3n) is 5.00. The summed E-state index contributed by atoms with van der Waals surface area (Å²) in [6.45, 7) is 1.94. The Kier molecular flexibility index (Phi) is 6.95. The molecule has 0 aliphatic carbocycles. The van der Waals surface area contributed by atoms with Crippen molar-refractivity contribution in [2.24, 2.45) is 10.5 Å². The Morgan fingerprint density at radius 1 is 1.12 bits per heavy atom. The van der Waals surface area contributed by atoms with Crippen LogP contribution in [0.5, 0.6) is 0 Å². The zero-order valence-electron chi connectivity index (χ0n) is 17.3. The maximum absolute atomic E-state index is 13.1. The van der Waals surface area contributed by atoms with Crippen LogP contribution in [0, 0.1) is 5.41 Å². The highest BCUT2D eigenvalue weighted by atomic mass is 35.5. The number of hydrogen-bond acceptors (Lipinski definition) is 3. The normalized spacial score (nSPS) is 18.9. The Morgan fingerprint density at radius 2 is 1.76 bits per heavy atom. The smallest absolute Gasteiger partial charge is 0.306 e. The van der Waals surface area contributed by atoms with E-state index < -0.39 is 39.9 Å². The van der Waals surface area contributed by atoms with Crippen LogP contribution in [0.25, 0.3) is 0 Å². The maximum atomic E-state index is 13.1. The number of benzene rings is 2. The molecule has 2 aromatic rings. The van der Waals surface area contributed by atoms with E-state index in [1.807, 2.05) is 13.2 Å². The molecule has 3 rings (SSSR count). The number of hydrazone groups is 1. The fourth-order valence-corrected chi connectivity index (χ4v) is 4.61. The molecule has 1 aliphatic rings. The van der Waals surface area contributed by atoms with Crippen LogP contribution in [0.3, 0.4) is 0 Å². The number of carbonyl (C=O) groups is 1. The number of hydrogen-bond donors (Lipinski definition) is 1. The van der Waals surface area contributed by atoms with Gasteiger partial charge in [0, 0.05) is 16.9 Å². The predicted molar refractivity (Wildman–Crippen MR) is 117 cm³/mol. The predicted octanol–water partition coefficient (Wildman–Crippen LogP) is 7.00. The standard InChI is InChI=1S/C21H18ClF6N3OS/c1-19(11-33-2)10-31(18(32)29-14-6-4-13(5-7-14)20(23,24)25)30-17(19)12-3-8-15(16(22)9-12)21(26,27)28/h3-9H,10-11H2,1-2H3,(H,29,32). The number of alkyl halides is 6. The average Bonchev–Trinajstić information content (AvgIpc) is 3.04. The lowest BCUT2D eigenvalue weighted by Gasteiger charge is -2.25. The van der Waals surface area contributed by atoms with Crippen LogP contribution in [0.2, 0.25) is 5.02 Å². The molecule has 1 atom stereocenters. The summed E-state index contributed by atoms with van der Waals surface area (Å²) in [5, 5.41) is 7.43. The van der Waals surface area contributed by atoms with Crippen LogP contribution in [-0.2, 0) is 12.4 Å². The summed E-state index contributed by atoms with van der Waals surface area (Å²) in [4.78, 5) is 12.7. The molecule has 1 unspecified atom stereocenters. The van der Waals surface area contributed by atoms with E-state index in [1.54, 1.807) is 0 Å². The molecule has 0 aromatic heterocycles. The molecular formula is C21H18ClF6N3OS. The summed E-state index contributed by atoms with van der Waals surface area (Å²) >= 11 is 7.33. The first kappa shape index (κ1) is 25.2. The molecule has 1 aliphatic heterocycles. The van der Waals surface area contributed by atoms with Crippen molar-refractivity contribution < 1.29 is 31.1 Å². The molecule has 0 saturated carbocycles. The molecule has 1 N–H and O–H groups in total. The van der Waals surface area contributed by atoms with Crippen molar-refractivity contribution in [3.05, 3.63) is 64.2 Å². The zero-order valence-corrected chi connectivity index (χ0v) is 18.9. The van der Waals surface area contributed by atoms with Gasteiger partial charge in [-0.15, -0.1) is 0 Å². The molecule has 0 saturated heterocycles. The number of halogens is 7. The largest absolute Gasteiger partial charge is 0.417 e. The lowest BCUT2D eigenvalue weighted by Crippen LogP contribution is -2.37. The molecular weight excluding hydrogens is 492 g/mol. The molecule has 1 heterocycles. The maximum Gasteiger partial charge on any atom is 0.417 e. The lowest BCUT2D eigenvalue weighted by molar-refractivity contribution is -0.138. The monoisotopic (exact) mass is 509 g/mol. The van der Waals surface area contributed by atoms with Crippen molar-refractivity contribution in [2.75, 3.05) is 23.9 Å². The molecule has 0 spiro atoms. The van der Waals surface area contributed by atoms with Crippen molar-refractivity contribution in [3.8, 4) is 0 Å². The van der Waals surface area contributed by atoms with Crippen LogP contribution in [-0.4, -0.2) is 35.3 Å². The second-order valence-corrected chi connectivity index (χ2v) is 8.97. The van der Waals surface area contributed by atoms with E-state index in [0.717, 1.165) is 35.3 Å². The van der Waals surface area contributed by atoms with Gasteiger partial charge in [-0.2, -0.15) is 43.2 Å². The van der Waals surface area contributed by atoms with Gasteiger partial charge in [-0.25, -0.2) is 9.80 Å². The number of nitrogens with one attached hydrogen (secondary N) is 1. The van der Waals surface area contributed by atoms with E-state index in [0.29, 0.717) is 17.0 Å². The number of anilines is 1. The Hall–Kier alpha value is -2.40. The lowest BCUT2D eigenvalue weighted by atomic mass is 9.84. The third-order valence-corrected chi connectivity index (χ3v) is 6.24. The van der Waals surface area contributed by atoms with E-state index >= 15 is 0 Å². The number of thioether (sulfide) groups is 1. The van der Waals surface area contributed by atoms with Crippen molar-refractivity contribution >= 4 is 40.8 Å². The van der Waals surface area contributed by atoms with Gasteiger partial charge in [0.1, 0.15) is 0 Å². The quantitative estimate of drug-likeness (QED) is 0.451. The average molecular weight is 510 g/mol. The summed E-state index contributed by atoms with van der Waals surface area (Å²) in [6, 6.07) is 6.53. The van der Waals surface area contributed by atoms with Gasteiger partial charge in [0.05, 0.1) is 28.4 Å². The highest BCUT2D eigenvalue weighted by molar-refractivity contribution is 7.98. The van der Waals surface area contributed by atoms with Crippen LogP contribution in [0.4, 0.5) is 36.8 Å². The van der Waals surface area contributed by atoms with Crippen LogP contribution >= 0.6 is 23.4 Å². The molecule has 178 valence electrons. The first-order valence-corrected chi connectivity index (χ1v) is 11.2. The molecule has 0 fully saturated rings. The number of rotatable bonds is 4. The van der Waals surface area contributed by atoms with E-state index in [4.69, 9.17) is 11.6 Å². The van der Waals surface area contributed by atoms with Gasteiger partial charge in [-0.05, 0) is 48.2 Å². The third kappa shape index (κ3) is 5.57. The second-order valence-electron chi connectivity index (χ2n) is 7.70. The Morgan fingerprint density at radius 3 is 2.27 bits per heavy atom. The fourth-order valence-electron chi connectivity index (χ4n) is 3.46. The minimum absolute atomic E-state index is 0.119. The summed E-state index contributed by atoms with van der Waals surface area (Å²) < 4.78 is 77.3. The summed E-state index contributed by atoms with van der Waals surface area (Å²) in [6.07, 6.45) is -7.27. The van der Waals surface area contributed by atoms with Crippen LogP contribution < -0.4 is 5.32 Å². The van der Waals surface area contributed by atoms with Crippen molar-refractivity contribution in [1.29, 1.82) is 0 Å². The highest BCUT2D eigenvalue weighted by Gasteiger charge is 2.42. The van der Waals surface area contributed by atoms with Crippen LogP contribution in [0.15, 0.2) is 47.6 Å². The molecule has 2 amide bonds. The molecule has 0 radical (unpaired) electrons. The highest BCUT2D eigenvalue weighted by Crippen LogP contribution is 2.39. The number of amides is 2. The van der Waals surface area contributed by atoms with E-state index in [2.05, 4.69) is 10.4 Å². The first-order valence-electron chi connectivity index (χ1n) is 9.45. The number of urea groups is 1. The SMILES string of the molecule is CSCC1(C)CN(C(=O)Nc2ccc(C(F)(F)F)cc2)N=C1c1ccc(C(F)(F)F)c(Cl)c1. The zero-order chi connectivity index (χ0) is 24.6. The first-order chi connectivity index (χ1) is 15.2. The minimum atomic E-state index is -4.61. The van der Waals surface area contributed by atoms with Crippen molar-refractivity contribution in [1.82, 2.24) is 5.01 Å². The fraction of sp³-hybridized carbons (Fsp3) is 0.333. The number of nitrogens with zero attached hydrogens (tertiary/aromatic N) is 2. The van der Waals surface area contributed by atoms with E-state index in [9.17, 15) is 31.1 Å². The molecule has 12 heteroatoms. The summed E-state index contributed by atoms with van der Waals surface area (Å²) in [5.41, 5.74) is -1.66. The second kappa shape index (κ2) is 9.09. The van der Waals surface area contributed by atoms with Crippen molar-refractivity contribution in [3.63, 3.8) is 0 Å². The number of carbonyl (C=O) groups excluding carboxylic acids is 1. The van der Waals surface area contributed by atoms with Gasteiger partial charge in [0.25, 0.3) is 0 Å². The van der Waals surface area contributed by atoms with Crippen molar-refractivity contribution in [2.45, 2.75) is 19.3 Å². The van der Waals surface area contributed by atoms with Gasteiger partial charge in [-0.3, -0.25) is 0 Å². The van der Waals surface area contributed by atoms with E-state index in [-0.39, 0.29) is 12.2 Å². The Bertz CT molecular complexity index is 1070. The minimum Gasteiger partial charge on any atom is -0.306 e. The van der Waals surface area contributed by atoms with Gasteiger partial charge in [0.15, 0.2) is 0 Å². The molecule has 4 nitrogen and oxygen atoms in total. The van der Waals surface area contributed by atoms with E-state index in [1.165, 1.54) is 23.9 Å². The molecule has 2 aromatic carbocycles. The van der Waals surface area contributed by atoms with Gasteiger partial charge in [-0.1, -0.05) is 24.6 Å². The van der Waals surface area contributed by atoms with Crippen LogP contribution in [0.1, 0.15) is 23.6 Å². The Labute approximate surface area is 195 Å². The van der Waals surface area contributed by atoms with Gasteiger partial charge >= 0.3 is 18.4 Å². The Balaban J connectivity index is 1.87. The van der Waals surface area contributed by atoms with Gasteiger partial charge in [0.2, 0.25) is 0 Å². The summed E-state index contributed by atoms with van der Waals surface area (Å²) in [5.74, 6) is 0.508. The topological polar surface area (TPSA) is 44.7 Å².